The van der Waals surface area contributed by atoms with Crippen molar-refractivity contribution in [3.8, 4) is 5.75 Å². The van der Waals surface area contributed by atoms with E-state index in [1.165, 1.54) is 18.5 Å². The molecule has 1 aliphatic carbocycles. The van der Waals surface area contributed by atoms with Crippen LogP contribution in [0.2, 0.25) is 0 Å². The molecule has 1 atom stereocenters. The van der Waals surface area contributed by atoms with Crippen LogP contribution in [0.5, 0.6) is 5.75 Å². The van der Waals surface area contributed by atoms with Crippen LogP contribution in [-0.4, -0.2) is 44.3 Å². The third-order valence-electron chi connectivity index (χ3n) is 5.27. The summed E-state index contributed by atoms with van der Waals surface area (Å²) in [6, 6.07) is 4.96. The van der Waals surface area contributed by atoms with E-state index in [1.54, 1.807) is 18.5 Å². The van der Waals surface area contributed by atoms with E-state index >= 15 is 0 Å². The van der Waals surface area contributed by atoms with Crippen molar-refractivity contribution in [1.82, 2.24) is 19.9 Å². The van der Waals surface area contributed by atoms with Crippen molar-refractivity contribution in [3.63, 3.8) is 0 Å². The van der Waals surface area contributed by atoms with Gasteiger partial charge in [-0.1, -0.05) is 6.07 Å². The Morgan fingerprint density at radius 3 is 2.52 bits per heavy atom. The van der Waals surface area contributed by atoms with E-state index in [9.17, 15) is 9.50 Å². The van der Waals surface area contributed by atoms with Crippen LogP contribution in [0.3, 0.4) is 0 Å². The number of nitrogens with one attached hydrogen (secondary N) is 1. The lowest BCUT2D eigenvalue weighted by Gasteiger charge is -2.35. The minimum Gasteiger partial charge on any atom is -0.488 e. The van der Waals surface area contributed by atoms with Crippen LogP contribution >= 0.6 is 0 Å². The average Bonchev–Trinajstić information content (AvgIpc) is 2.73. The number of nitrogens with zero attached hydrogens (tertiary/aromatic N) is 4. The Kier molecular flexibility index (Phi) is 6.08. The van der Waals surface area contributed by atoms with Crippen LogP contribution in [-0.2, 0) is 0 Å². The van der Waals surface area contributed by atoms with Gasteiger partial charge in [-0.2, -0.15) is 0 Å². The number of aromatic nitrogens is 4. The second-order valence-electron chi connectivity index (χ2n) is 7.61. The number of hydrogen-bond donors (Lipinski definition) is 4. The van der Waals surface area contributed by atoms with E-state index in [0.717, 1.165) is 24.1 Å². The molecule has 1 aliphatic rings. The molecule has 2 aromatic heterocycles. The Labute approximate surface area is 178 Å². The quantitative estimate of drug-likeness (QED) is 0.426. The number of ether oxygens (including phenoxy) is 1. The number of aliphatic hydroxyl groups excluding tert-OH is 1. The summed E-state index contributed by atoms with van der Waals surface area (Å²) in [5.41, 5.74) is 13.4. The minimum atomic E-state index is -0.867. The fourth-order valence-corrected chi connectivity index (χ4v) is 3.46. The topological polar surface area (TPSA) is 145 Å². The molecule has 1 saturated carbocycles. The number of benzene rings is 1. The number of anilines is 3. The minimum absolute atomic E-state index is 0.0699. The molecule has 31 heavy (non-hydrogen) atoms. The van der Waals surface area contributed by atoms with Gasteiger partial charge in [-0.3, -0.25) is 4.98 Å². The molecular weight excluding hydrogens is 401 g/mol. The highest BCUT2D eigenvalue weighted by Gasteiger charge is 2.33. The summed E-state index contributed by atoms with van der Waals surface area (Å²) in [5.74, 6) is 0.971. The predicted molar refractivity (Wildman–Crippen MR) is 114 cm³/mol. The van der Waals surface area contributed by atoms with E-state index in [4.69, 9.17) is 16.2 Å². The van der Waals surface area contributed by atoms with Crippen molar-refractivity contribution in [1.29, 1.82) is 0 Å². The van der Waals surface area contributed by atoms with Crippen LogP contribution in [0, 0.1) is 5.82 Å². The highest BCUT2D eigenvalue weighted by molar-refractivity contribution is 5.36. The Balaban J connectivity index is 1.25. The maximum atomic E-state index is 14.5. The first-order chi connectivity index (χ1) is 15.0. The summed E-state index contributed by atoms with van der Waals surface area (Å²) in [6.45, 7) is 0.0840. The largest absolute Gasteiger partial charge is 0.488 e. The zero-order chi connectivity index (χ0) is 21.8. The fraction of sp³-hybridized carbons (Fsp3) is 0.333. The molecule has 0 amide bonds. The van der Waals surface area contributed by atoms with Crippen molar-refractivity contribution in [2.45, 2.75) is 30.8 Å². The van der Waals surface area contributed by atoms with Crippen LogP contribution < -0.4 is 21.5 Å². The highest BCUT2D eigenvalue weighted by atomic mass is 19.1. The maximum absolute atomic E-state index is 14.5. The lowest BCUT2D eigenvalue weighted by Crippen LogP contribution is -2.27. The summed E-state index contributed by atoms with van der Waals surface area (Å²) in [7, 11) is 0. The molecule has 3 aromatic rings. The van der Waals surface area contributed by atoms with Gasteiger partial charge in [0.1, 0.15) is 18.5 Å². The molecule has 1 fully saturated rings. The molecular formula is C21H24FN7O2. The maximum Gasteiger partial charge on any atom is 0.222 e. The number of aliphatic hydroxyl groups is 1. The van der Waals surface area contributed by atoms with Gasteiger partial charge in [0.2, 0.25) is 5.95 Å². The molecule has 4 rings (SSSR count). The lowest BCUT2D eigenvalue weighted by molar-refractivity contribution is 0.115. The van der Waals surface area contributed by atoms with Crippen molar-refractivity contribution >= 4 is 17.5 Å². The van der Waals surface area contributed by atoms with E-state index in [1.807, 2.05) is 6.07 Å². The smallest absolute Gasteiger partial charge is 0.222 e. The van der Waals surface area contributed by atoms with Crippen molar-refractivity contribution in [2.24, 2.45) is 0 Å². The Morgan fingerprint density at radius 1 is 1.06 bits per heavy atom. The Bertz CT molecular complexity index is 1010. The third-order valence-corrected chi connectivity index (χ3v) is 5.27. The van der Waals surface area contributed by atoms with Gasteiger partial charge in [0, 0.05) is 12.5 Å². The van der Waals surface area contributed by atoms with Crippen molar-refractivity contribution in [3.05, 3.63) is 60.1 Å². The molecule has 0 spiro atoms. The van der Waals surface area contributed by atoms with E-state index < -0.39 is 11.9 Å². The first-order valence-corrected chi connectivity index (χ1v) is 9.97. The van der Waals surface area contributed by atoms with Crippen molar-refractivity contribution in [2.75, 3.05) is 29.9 Å². The standard InChI is InChI=1S/C21H24FN7O2/c22-17-5-12(13-3-14(4-13)18-9-26-20(24)10-25-18)1-2-19(17)31-11-16(30)8-29-21-27-6-15(23)7-28-21/h1-2,5-7,9-10,13-14,16,30H,3-4,8,11,23H2,(H2,24,26)(H,27,28,29). The molecule has 0 bridgehead atoms. The zero-order valence-corrected chi connectivity index (χ0v) is 16.8. The molecule has 162 valence electrons. The Morgan fingerprint density at radius 2 is 1.84 bits per heavy atom. The number of rotatable bonds is 8. The number of nitrogens with two attached hydrogens (primary N) is 2. The number of hydrogen-bond acceptors (Lipinski definition) is 9. The second-order valence-corrected chi connectivity index (χ2v) is 7.61. The molecule has 10 heteroatoms. The number of halogens is 1. The van der Waals surface area contributed by atoms with Gasteiger partial charge in [-0.15, -0.1) is 0 Å². The summed E-state index contributed by atoms with van der Waals surface area (Å²) in [5, 5.41) is 12.9. The average molecular weight is 425 g/mol. The molecule has 0 radical (unpaired) electrons. The molecule has 1 unspecified atom stereocenters. The predicted octanol–water partition coefficient (Wildman–Crippen LogP) is 2.08. The molecule has 6 N–H and O–H groups in total. The van der Waals surface area contributed by atoms with Crippen molar-refractivity contribution < 1.29 is 14.2 Å². The third kappa shape index (κ3) is 5.15. The normalized spacial score (nSPS) is 18.8. The van der Waals surface area contributed by atoms with Gasteiger partial charge in [0.25, 0.3) is 0 Å². The molecule has 0 aliphatic heterocycles. The molecule has 0 saturated heterocycles. The van der Waals surface area contributed by atoms with Gasteiger partial charge in [-0.05, 0) is 36.5 Å². The van der Waals surface area contributed by atoms with Gasteiger partial charge in [0.05, 0.1) is 36.2 Å². The SMILES string of the molecule is Nc1cnc(NCC(O)COc2ccc(C3CC(c4cnc(N)cn4)C3)cc2F)nc1. The van der Waals surface area contributed by atoms with Gasteiger partial charge >= 0.3 is 0 Å². The van der Waals surface area contributed by atoms with Gasteiger partial charge in [0.15, 0.2) is 11.6 Å². The Hall–Kier alpha value is -3.53. The summed E-state index contributed by atoms with van der Waals surface area (Å²) in [4.78, 5) is 16.3. The lowest BCUT2D eigenvalue weighted by atomic mass is 9.70. The summed E-state index contributed by atoms with van der Waals surface area (Å²) < 4.78 is 19.9. The zero-order valence-electron chi connectivity index (χ0n) is 16.8. The van der Waals surface area contributed by atoms with E-state index in [0.29, 0.717) is 23.4 Å². The summed E-state index contributed by atoms with van der Waals surface area (Å²) >= 11 is 0. The van der Waals surface area contributed by atoms with Crippen LogP contribution in [0.25, 0.3) is 0 Å². The number of nitrogen functional groups attached to an aromatic ring is 2. The van der Waals surface area contributed by atoms with Crippen LogP contribution in [0.15, 0.2) is 43.0 Å². The van der Waals surface area contributed by atoms with Gasteiger partial charge in [-0.25, -0.2) is 19.3 Å². The fourth-order valence-electron chi connectivity index (χ4n) is 3.46. The first-order valence-electron chi connectivity index (χ1n) is 9.97. The second kappa shape index (κ2) is 9.09. The molecule has 2 heterocycles. The first kappa shape index (κ1) is 20.7. The van der Waals surface area contributed by atoms with Crippen LogP contribution in [0.1, 0.15) is 35.9 Å². The molecule has 9 nitrogen and oxygen atoms in total. The van der Waals surface area contributed by atoms with E-state index in [-0.39, 0.29) is 24.8 Å². The summed E-state index contributed by atoms with van der Waals surface area (Å²) in [6.07, 6.45) is 7.08. The molecule has 1 aromatic carbocycles. The van der Waals surface area contributed by atoms with E-state index in [2.05, 4.69) is 25.3 Å². The monoisotopic (exact) mass is 425 g/mol. The highest BCUT2D eigenvalue weighted by Crippen LogP contribution is 2.47. The van der Waals surface area contributed by atoms with Gasteiger partial charge < -0.3 is 26.6 Å². The van der Waals surface area contributed by atoms with Crippen LogP contribution in [0.4, 0.5) is 21.8 Å².